The van der Waals surface area contributed by atoms with Gasteiger partial charge in [0, 0.05) is 35.1 Å². The maximum absolute atomic E-state index is 13.5. The summed E-state index contributed by atoms with van der Waals surface area (Å²) in [5.74, 6) is 1.23. The van der Waals surface area contributed by atoms with Crippen LogP contribution >= 0.6 is 22.9 Å². The van der Waals surface area contributed by atoms with Crippen LogP contribution in [0.25, 0.3) is 27.9 Å². The second-order valence-electron chi connectivity index (χ2n) is 6.82. The van der Waals surface area contributed by atoms with Gasteiger partial charge in [-0.2, -0.15) is 0 Å². The average Bonchev–Trinajstić information content (AvgIpc) is 3.34. The molecule has 8 heteroatoms. The quantitative estimate of drug-likeness (QED) is 0.448. The van der Waals surface area contributed by atoms with Gasteiger partial charge < -0.3 is 4.57 Å². The van der Waals surface area contributed by atoms with E-state index in [1.807, 2.05) is 54.9 Å². The molecule has 0 atom stereocenters. The fraction of sp³-hybridized carbons (Fsp3) is 0.143. The highest BCUT2D eigenvalue weighted by Crippen LogP contribution is 2.25. The maximum Gasteiger partial charge on any atom is 0.458 e. The van der Waals surface area contributed by atoms with E-state index in [-0.39, 0.29) is 5.56 Å². The zero-order chi connectivity index (χ0) is 20.0. The molecule has 0 fully saturated rings. The van der Waals surface area contributed by atoms with Crippen LogP contribution in [0.4, 0.5) is 0 Å². The van der Waals surface area contributed by atoms with Crippen LogP contribution in [-0.4, -0.2) is 19.6 Å². The van der Waals surface area contributed by atoms with Gasteiger partial charge >= 0.3 is 5.78 Å². The minimum absolute atomic E-state index is 0.0804. The summed E-state index contributed by atoms with van der Waals surface area (Å²) in [5.41, 5.74) is 2.08. The first-order valence-corrected chi connectivity index (χ1v) is 10.5. The largest absolute Gasteiger partial charge is 0.458 e. The van der Waals surface area contributed by atoms with Gasteiger partial charge in [0.2, 0.25) is 5.82 Å². The molecule has 29 heavy (non-hydrogen) atoms. The van der Waals surface area contributed by atoms with Crippen molar-refractivity contribution >= 4 is 39.6 Å². The lowest BCUT2D eigenvalue weighted by Gasteiger charge is -2.08. The summed E-state index contributed by atoms with van der Waals surface area (Å²) in [4.78, 5) is 23.8. The highest BCUT2D eigenvalue weighted by atomic mass is 35.5. The number of nitrogens with one attached hydrogen (secondary N) is 1. The molecule has 4 heterocycles. The number of hydrogen-bond acceptors (Lipinski definition) is 4. The number of H-pyrrole nitrogens is 1. The summed E-state index contributed by atoms with van der Waals surface area (Å²) in [6, 6.07) is 13.5. The molecule has 4 aromatic heterocycles. The molecule has 0 aliphatic carbocycles. The second kappa shape index (κ2) is 7.09. The van der Waals surface area contributed by atoms with Crippen molar-refractivity contribution in [3.8, 4) is 11.3 Å². The van der Waals surface area contributed by atoms with Crippen LogP contribution in [0.5, 0.6) is 0 Å². The SMILES string of the molecule is Cc1nc2nc3ccn(CCc4cccs4)c(=O)c3c(-c3cccc(Cl)c3)[n+]2[nH]1. The Bertz CT molecular complexity index is 1400. The van der Waals surface area contributed by atoms with Crippen molar-refractivity contribution in [2.45, 2.75) is 19.9 Å². The molecular formula is C21H17ClN5OS+. The Morgan fingerprint density at radius 2 is 2.10 bits per heavy atom. The first-order chi connectivity index (χ1) is 14.1. The number of fused-ring (bicyclic) bond motifs is 2. The van der Waals surface area contributed by atoms with Gasteiger partial charge in [-0.05, 0) is 36.1 Å². The van der Waals surface area contributed by atoms with Gasteiger partial charge in [-0.15, -0.1) is 15.9 Å². The molecule has 0 saturated carbocycles. The third-order valence-electron chi connectivity index (χ3n) is 4.84. The van der Waals surface area contributed by atoms with E-state index in [1.165, 1.54) is 4.88 Å². The predicted octanol–water partition coefficient (Wildman–Crippen LogP) is 3.79. The minimum atomic E-state index is -0.0804. The van der Waals surface area contributed by atoms with Crippen LogP contribution in [0.3, 0.4) is 0 Å². The molecule has 5 aromatic rings. The molecule has 0 amide bonds. The molecule has 0 spiro atoms. The van der Waals surface area contributed by atoms with Gasteiger partial charge in [-0.1, -0.05) is 39.8 Å². The Labute approximate surface area is 175 Å². The summed E-state index contributed by atoms with van der Waals surface area (Å²) in [6.45, 7) is 2.47. The van der Waals surface area contributed by atoms with Gasteiger partial charge in [-0.25, -0.2) is 5.10 Å². The first-order valence-electron chi connectivity index (χ1n) is 9.20. The number of hydrogen-bond donors (Lipinski definition) is 1. The van der Waals surface area contributed by atoms with E-state index < -0.39 is 0 Å². The van der Waals surface area contributed by atoms with E-state index >= 15 is 0 Å². The highest BCUT2D eigenvalue weighted by molar-refractivity contribution is 7.09. The highest BCUT2D eigenvalue weighted by Gasteiger charge is 2.24. The Hall–Kier alpha value is -3.03. The molecule has 5 rings (SSSR count). The normalized spacial score (nSPS) is 11.5. The Balaban J connectivity index is 1.77. The monoisotopic (exact) mass is 422 g/mol. The molecule has 144 valence electrons. The summed E-state index contributed by atoms with van der Waals surface area (Å²) < 4.78 is 3.50. The number of pyridine rings is 1. The number of aromatic amines is 1. The lowest BCUT2D eigenvalue weighted by atomic mass is 10.1. The maximum atomic E-state index is 13.5. The fourth-order valence-electron chi connectivity index (χ4n) is 3.54. The van der Waals surface area contributed by atoms with Crippen LogP contribution < -0.4 is 10.1 Å². The Kier molecular flexibility index (Phi) is 4.41. The second-order valence-corrected chi connectivity index (χ2v) is 8.29. The van der Waals surface area contributed by atoms with Crippen LogP contribution in [0.2, 0.25) is 5.02 Å². The number of aromatic nitrogens is 5. The molecule has 6 nitrogen and oxygen atoms in total. The molecule has 0 bridgehead atoms. The molecule has 0 unspecified atom stereocenters. The third-order valence-corrected chi connectivity index (χ3v) is 6.01. The number of benzene rings is 1. The lowest BCUT2D eigenvalue weighted by Crippen LogP contribution is -2.32. The van der Waals surface area contributed by atoms with Gasteiger partial charge in [0.1, 0.15) is 5.39 Å². The molecular weight excluding hydrogens is 406 g/mol. The van der Waals surface area contributed by atoms with Gasteiger partial charge in [0.15, 0.2) is 11.2 Å². The third kappa shape index (κ3) is 3.22. The van der Waals surface area contributed by atoms with E-state index in [0.29, 0.717) is 39.8 Å². The van der Waals surface area contributed by atoms with Gasteiger partial charge in [-0.3, -0.25) is 4.79 Å². The lowest BCUT2D eigenvalue weighted by molar-refractivity contribution is -0.567. The van der Waals surface area contributed by atoms with Crippen molar-refractivity contribution in [3.05, 3.63) is 80.1 Å². The summed E-state index contributed by atoms with van der Waals surface area (Å²) in [6.07, 6.45) is 2.62. The van der Waals surface area contributed by atoms with Gasteiger partial charge in [0.25, 0.3) is 5.56 Å². The topological polar surface area (TPSA) is 67.7 Å². The standard InChI is InChI=1S/C21H16ClN5OS/c1-13-23-21-24-17-8-10-26(9-7-16-6-3-11-29-16)20(28)18(17)19(27(21)25-13)14-4-2-5-15(22)12-14/h2-6,8,10-12H,7,9H2,1H3/p+1. The smallest absolute Gasteiger partial charge is 0.314 e. The zero-order valence-corrected chi connectivity index (χ0v) is 17.2. The predicted molar refractivity (Wildman–Crippen MR) is 115 cm³/mol. The first kappa shape index (κ1) is 18.0. The fourth-order valence-corrected chi connectivity index (χ4v) is 4.43. The minimum Gasteiger partial charge on any atom is -0.314 e. The van der Waals surface area contributed by atoms with Crippen LogP contribution in [0.15, 0.2) is 58.8 Å². The van der Waals surface area contributed by atoms with Crippen LogP contribution in [0.1, 0.15) is 10.7 Å². The summed E-state index contributed by atoms with van der Waals surface area (Å²) in [5, 5.41) is 6.39. The van der Waals surface area contributed by atoms with Crippen molar-refractivity contribution in [3.63, 3.8) is 0 Å². The van der Waals surface area contributed by atoms with E-state index in [1.54, 1.807) is 20.4 Å². The molecule has 0 saturated heterocycles. The Morgan fingerprint density at radius 1 is 1.21 bits per heavy atom. The molecule has 0 aliphatic heterocycles. The summed E-state index contributed by atoms with van der Waals surface area (Å²) in [7, 11) is 0. The van der Waals surface area contributed by atoms with E-state index in [4.69, 9.17) is 11.6 Å². The molecule has 1 aromatic carbocycles. The molecule has 0 aliphatic rings. The van der Waals surface area contributed by atoms with Crippen molar-refractivity contribution in [2.24, 2.45) is 0 Å². The van der Waals surface area contributed by atoms with E-state index in [0.717, 1.165) is 12.0 Å². The van der Waals surface area contributed by atoms with Crippen LogP contribution in [0, 0.1) is 6.92 Å². The number of nitrogens with zero attached hydrogens (tertiary/aromatic N) is 4. The van der Waals surface area contributed by atoms with Crippen molar-refractivity contribution in [1.29, 1.82) is 0 Å². The average molecular weight is 423 g/mol. The van der Waals surface area contributed by atoms with Crippen molar-refractivity contribution < 1.29 is 4.52 Å². The van der Waals surface area contributed by atoms with E-state index in [9.17, 15) is 4.79 Å². The molecule has 1 N–H and O–H groups in total. The number of aryl methyl sites for hydroxylation is 3. The number of halogens is 1. The zero-order valence-electron chi connectivity index (χ0n) is 15.6. The van der Waals surface area contributed by atoms with Crippen LogP contribution in [-0.2, 0) is 13.0 Å². The van der Waals surface area contributed by atoms with Crippen molar-refractivity contribution in [2.75, 3.05) is 0 Å². The van der Waals surface area contributed by atoms with E-state index in [2.05, 4.69) is 21.1 Å². The van der Waals surface area contributed by atoms with Crippen molar-refractivity contribution in [1.82, 2.24) is 19.6 Å². The summed E-state index contributed by atoms with van der Waals surface area (Å²) >= 11 is 7.95. The van der Waals surface area contributed by atoms with Gasteiger partial charge in [0.05, 0.1) is 0 Å². The number of rotatable bonds is 4. The number of thiophene rings is 1. The Morgan fingerprint density at radius 3 is 2.90 bits per heavy atom. The molecule has 0 radical (unpaired) electrons.